The van der Waals surface area contributed by atoms with Gasteiger partial charge in [-0.15, -0.1) is 10.2 Å². The number of hydrogen-bond acceptors (Lipinski definition) is 6. The lowest BCUT2D eigenvalue weighted by Crippen LogP contribution is -2.20. The number of phenols is 1. The SMILES string of the molecule is O=Cc1cc(C(=O)Nc2ccc(N3CCCC3)nn2)cc(F)c1O. The highest BCUT2D eigenvalue weighted by Crippen LogP contribution is 2.22. The van der Waals surface area contributed by atoms with Gasteiger partial charge in [-0.05, 0) is 37.1 Å². The van der Waals surface area contributed by atoms with Crippen LogP contribution in [-0.2, 0) is 0 Å². The number of anilines is 2. The van der Waals surface area contributed by atoms with E-state index in [1.807, 2.05) is 0 Å². The second-order valence-electron chi connectivity index (χ2n) is 5.44. The van der Waals surface area contributed by atoms with Gasteiger partial charge in [-0.2, -0.15) is 0 Å². The quantitative estimate of drug-likeness (QED) is 0.833. The van der Waals surface area contributed by atoms with Crippen LogP contribution in [0.25, 0.3) is 0 Å². The molecule has 8 heteroatoms. The van der Waals surface area contributed by atoms with Crippen LogP contribution in [0.5, 0.6) is 5.75 Å². The number of carbonyl (C=O) groups is 2. The Morgan fingerprint density at radius 3 is 2.62 bits per heavy atom. The molecule has 1 aliphatic heterocycles. The van der Waals surface area contributed by atoms with E-state index >= 15 is 0 Å². The lowest BCUT2D eigenvalue weighted by atomic mass is 10.1. The number of nitrogens with zero attached hydrogens (tertiary/aromatic N) is 3. The molecule has 0 aliphatic carbocycles. The number of benzene rings is 1. The molecule has 1 aromatic heterocycles. The van der Waals surface area contributed by atoms with Crippen molar-refractivity contribution in [3.8, 4) is 5.75 Å². The number of hydrogen-bond donors (Lipinski definition) is 2. The number of aromatic nitrogens is 2. The van der Waals surface area contributed by atoms with E-state index in [4.69, 9.17) is 0 Å². The normalized spacial score (nSPS) is 13.8. The zero-order valence-electron chi connectivity index (χ0n) is 12.7. The van der Waals surface area contributed by atoms with Crippen molar-refractivity contribution in [3.63, 3.8) is 0 Å². The molecule has 0 saturated carbocycles. The molecular formula is C16H15FN4O3. The van der Waals surface area contributed by atoms with E-state index in [0.717, 1.165) is 43.9 Å². The smallest absolute Gasteiger partial charge is 0.256 e. The summed E-state index contributed by atoms with van der Waals surface area (Å²) in [4.78, 5) is 25.0. The number of rotatable bonds is 4. The fourth-order valence-corrected chi connectivity index (χ4v) is 2.54. The maximum Gasteiger partial charge on any atom is 0.256 e. The fraction of sp³-hybridized carbons (Fsp3) is 0.250. The van der Waals surface area contributed by atoms with Crippen LogP contribution in [0.15, 0.2) is 24.3 Å². The monoisotopic (exact) mass is 330 g/mol. The van der Waals surface area contributed by atoms with Crippen LogP contribution in [0, 0.1) is 5.82 Å². The van der Waals surface area contributed by atoms with Gasteiger partial charge in [-0.25, -0.2) is 4.39 Å². The molecule has 0 atom stereocenters. The average molecular weight is 330 g/mol. The second-order valence-corrected chi connectivity index (χ2v) is 5.44. The third-order valence-electron chi connectivity index (χ3n) is 3.80. The molecule has 124 valence electrons. The van der Waals surface area contributed by atoms with Crippen molar-refractivity contribution in [2.75, 3.05) is 23.3 Å². The van der Waals surface area contributed by atoms with E-state index in [1.54, 1.807) is 12.1 Å². The van der Waals surface area contributed by atoms with Gasteiger partial charge in [-0.3, -0.25) is 9.59 Å². The topological polar surface area (TPSA) is 95.4 Å². The summed E-state index contributed by atoms with van der Waals surface area (Å²) in [7, 11) is 0. The molecule has 1 aliphatic rings. The first-order valence-electron chi connectivity index (χ1n) is 7.46. The van der Waals surface area contributed by atoms with Crippen LogP contribution in [-0.4, -0.2) is 40.6 Å². The van der Waals surface area contributed by atoms with Crippen molar-refractivity contribution in [2.45, 2.75) is 12.8 Å². The van der Waals surface area contributed by atoms with E-state index in [9.17, 15) is 19.1 Å². The molecule has 3 rings (SSSR count). The third-order valence-corrected chi connectivity index (χ3v) is 3.80. The van der Waals surface area contributed by atoms with Gasteiger partial charge >= 0.3 is 0 Å². The van der Waals surface area contributed by atoms with Gasteiger partial charge in [0.05, 0.1) is 5.56 Å². The first-order valence-corrected chi connectivity index (χ1v) is 7.46. The van der Waals surface area contributed by atoms with Crippen LogP contribution in [0.2, 0.25) is 0 Å². The van der Waals surface area contributed by atoms with Crippen LogP contribution in [0.4, 0.5) is 16.0 Å². The van der Waals surface area contributed by atoms with Crippen LogP contribution >= 0.6 is 0 Å². The molecule has 1 amide bonds. The lowest BCUT2D eigenvalue weighted by molar-refractivity contribution is 0.102. The maximum atomic E-state index is 13.5. The van der Waals surface area contributed by atoms with Crippen molar-refractivity contribution in [1.29, 1.82) is 0 Å². The first kappa shape index (κ1) is 15.9. The van der Waals surface area contributed by atoms with Gasteiger partial charge < -0.3 is 15.3 Å². The minimum atomic E-state index is -1.04. The first-order chi connectivity index (χ1) is 11.6. The van der Waals surface area contributed by atoms with E-state index in [2.05, 4.69) is 20.4 Å². The van der Waals surface area contributed by atoms with Gasteiger partial charge in [0.2, 0.25) is 0 Å². The Morgan fingerprint density at radius 1 is 1.25 bits per heavy atom. The summed E-state index contributed by atoms with van der Waals surface area (Å²) < 4.78 is 13.5. The summed E-state index contributed by atoms with van der Waals surface area (Å²) >= 11 is 0. The van der Waals surface area contributed by atoms with Crippen molar-refractivity contribution >= 4 is 23.8 Å². The highest BCUT2D eigenvalue weighted by molar-refractivity contribution is 6.04. The van der Waals surface area contributed by atoms with Crippen molar-refractivity contribution in [3.05, 3.63) is 41.2 Å². The molecule has 2 aromatic rings. The Hall–Kier alpha value is -3.03. The summed E-state index contributed by atoms with van der Waals surface area (Å²) in [5.41, 5.74) is -0.395. The van der Waals surface area contributed by atoms with Gasteiger partial charge in [0.15, 0.2) is 29.5 Å². The van der Waals surface area contributed by atoms with Gasteiger partial charge in [0.25, 0.3) is 5.91 Å². The molecule has 1 saturated heterocycles. The molecule has 7 nitrogen and oxygen atoms in total. The molecule has 24 heavy (non-hydrogen) atoms. The minimum Gasteiger partial charge on any atom is -0.504 e. The predicted octanol–water partition coefficient (Wildman–Crippen LogP) is 1.99. The Morgan fingerprint density at radius 2 is 2.00 bits per heavy atom. The van der Waals surface area contributed by atoms with Crippen LogP contribution in [0.3, 0.4) is 0 Å². The maximum absolute atomic E-state index is 13.5. The summed E-state index contributed by atoms with van der Waals surface area (Å²) in [6.45, 7) is 1.86. The number of aldehydes is 1. The van der Waals surface area contributed by atoms with Gasteiger partial charge in [-0.1, -0.05) is 0 Å². The number of amides is 1. The van der Waals surface area contributed by atoms with E-state index in [-0.39, 0.29) is 23.2 Å². The molecule has 1 fully saturated rings. The van der Waals surface area contributed by atoms with E-state index in [0.29, 0.717) is 0 Å². The highest BCUT2D eigenvalue weighted by Gasteiger charge is 2.16. The zero-order chi connectivity index (χ0) is 17.1. The Labute approximate surface area is 137 Å². The summed E-state index contributed by atoms with van der Waals surface area (Å²) in [6, 6.07) is 5.31. The molecule has 0 bridgehead atoms. The molecule has 1 aromatic carbocycles. The third kappa shape index (κ3) is 3.17. The number of phenolic OH excluding ortho intramolecular Hbond substituents is 1. The number of nitrogens with one attached hydrogen (secondary N) is 1. The van der Waals surface area contributed by atoms with Crippen molar-refractivity contribution < 1.29 is 19.1 Å². The predicted molar refractivity (Wildman–Crippen MR) is 84.9 cm³/mol. The van der Waals surface area contributed by atoms with E-state index < -0.39 is 17.5 Å². The Balaban J connectivity index is 1.75. The minimum absolute atomic E-state index is 0.0992. The zero-order valence-corrected chi connectivity index (χ0v) is 12.7. The summed E-state index contributed by atoms with van der Waals surface area (Å²) in [5, 5.41) is 19.8. The van der Waals surface area contributed by atoms with Crippen LogP contribution < -0.4 is 10.2 Å². The van der Waals surface area contributed by atoms with E-state index in [1.165, 1.54) is 0 Å². The summed E-state index contributed by atoms with van der Waals surface area (Å²) in [5.74, 6) is -1.52. The number of carbonyl (C=O) groups excluding carboxylic acids is 2. The Bertz CT molecular complexity index is 774. The fourth-order valence-electron chi connectivity index (χ4n) is 2.54. The molecule has 0 radical (unpaired) electrons. The van der Waals surface area contributed by atoms with Gasteiger partial charge in [0, 0.05) is 18.7 Å². The lowest BCUT2D eigenvalue weighted by Gasteiger charge is -2.15. The molecule has 0 unspecified atom stereocenters. The molecular weight excluding hydrogens is 315 g/mol. The average Bonchev–Trinajstić information content (AvgIpc) is 3.12. The highest BCUT2D eigenvalue weighted by atomic mass is 19.1. The molecule has 2 heterocycles. The van der Waals surface area contributed by atoms with Crippen LogP contribution in [0.1, 0.15) is 33.6 Å². The Kier molecular flexibility index (Phi) is 4.37. The molecule has 0 spiro atoms. The largest absolute Gasteiger partial charge is 0.504 e. The van der Waals surface area contributed by atoms with Gasteiger partial charge in [0.1, 0.15) is 0 Å². The summed E-state index contributed by atoms with van der Waals surface area (Å²) in [6.07, 6.45) is 2.51. The van der Waals surface area contributed by atoms with Crippen molar-refractivity contribution in [1.82, 2.24) is 10.2 Å². The second kappa shape index (κ2) is 6.61. The van der Waals surface area contributed by atoms with Crippen molar-refractivity contribution in [2.24, 2.45) is 0 Å². The number of aromatic hydroxyl groups is 1. The standard InChI is InChI=1S/C16H15FN4O3/c17-12-8-10(7-11(9-22)15(12)23)16(24)18-13-3-4-14(20-19-13)21-5-1-2-6-21/h3-4,7-9,23H,1-2,5-6H2,(H,18,19,24). The number of halogens is 1. The molecule has 2 N–H and O–H groups in total.